The molecule has 5 rings (SSSR count). The summed E-state index contributed by atoms with van der Waals surface area (Å²) in [6.07, 6.45) is 0.129. The fourth-order valence-electron chi connectivity index (χ4n) is 5.14. The van der Waals surface area contributed by atoms with Gasteiger partial charge in [-0.15, -0.1) is 0 Å². The molecule has 2 aliphatic rings. The lowest BCUT2D eigenvalue weighted by Gasteiger charge is -2.19. The van der Waals surface area contributed by atoms with Crippen molar-refractivity contribution in [1.29, 1.82) is 0 Å². The standard InChI is InChI=1S/C30H33NO7S/c1-18-14-22(36-13-12-30(3,4)33)15-19(2)28(18)24-7-5-6-23-25(17-37-29(23)24)38-21-10-8-20(9-11-21)26-16-27(32)31-39(26,34)35/h5-11,14-15,25-26,33H,12-13,16-17H2,1-4H3,(H,31,32)/t25-,26?/m1/s1. The summed E-state index contributed by atoms with van der Waals surface area (Å²) in [7, 11) is -3.69. The monoisotopic (exact) mass is 551 g/mol. The number of benzene rings is 3. The van der Waals surface area contributed by atoms with Crippen molar-refractivity contribution in [3.63, 3.8) is 0 Å². The SMILES string of the molecule is Cc1cc(OCCC(C)(C)O)cc(C)c1-c1cccc2c1OC[C@H]2Oc1ccc(C2CC(=O)NS2(=O)=O)cc1. The number of aliphatic hydroxyl groups is 1. The van der Waals surface area contributed by atoms with Crippen LogP contribution in [0, 0.1) is 13.8 Å². The quantitative estimate of drug-likeness (QED) is 0.409. The molecular formula is C30H33NO7S. The van der Waals surface area contributed by atoms with Gasteiger partial charge in [-0.1, -0.05) is 30.3 Å². The number of nitrogens with one attached hydrogen (secondary N) is 1. The lowest BCUT2D eigenvalue weighted by atomic mass is 9.93. The zero-order valence-electron chi connectivity index (χ0n) is 22.5. The fourth-order valence-corrected chi connectivity index (χ4v) is 6.56. The van der Waals surface area contributed by atoms with Crippen LogP contribution in [0.2, 0.25) is 0 Å². The molecular weight excluding hydrogens is 518 g/mol. The number of amides is 1. The number of carbonyl (C=O) groups is 1. The molecule has 2 heterocycles. The van der Waals surface area contributed by atoms with Gasteiger partial charge < -0.3 is 19.3 Å². The Balaban J connectivity index is 1.34. The summed E-state index contributed by atoms with van der Waals surface area (Å²) < 4.78 is 44.7. The van der Waals surface area contributed by atoms with Crippen LogP contribution >= 0.6 is 0 Å². The van der Waals surface area contributed by atoms with Crippen LogP contribution in [0.3, 0.4) is 0 Å². The molecule has 0 aromatic heterocycles. The average Bonchev–Trinajstić information content (AvgIpc) is 3.37. The maximum atomic E-state index is 12.2. The zero-order chi connectivity index (χ0) is 27.9. The zero-order valence-corrected chi connectivity index (χ0v) is 23.3. The van der Waals surface area contributed by atoms with Gasteiger partial charge in [-0.05, 0) is 74.2 Å². The molecule has 0 saturated carbocycles. The van der Waals surface area contributed by atoms with E-state index >= 15 is 0 Å². The Kier molecular flexibility index (Phi) is 7.07. The summed E-state index contributed by atoms with van der Waals surface area (Å²) in [6, 6.07) is 16.8. The fraction of sp³-hybridized carbons (Fsp3) is 0.367. The normalized spacial score (nSPS) is 19.8. The highest BCUT2D eigenvalue weighted by Gasteiger charge is 2.38. The molecule has 0 radical (unpaired) electrons. The molecule has 0 spiro atoms. The maximum absolute atomic E-state index is 12.2. The minimum atomic E-state index is -3.69. The Labute approximate surface area is 229 Å². The van der Waals surface area contributed by atoms with Crippen LogP contribution in [0.4, 0.5) is 0 Å². The maximum Gasteiger partial charge on any atom is 0.242 e. The van der Waals surface area contributed by atoms with Crippen LogP contribution in [0.15, 0.2) is 54.6 Å². The predicted molar refractivity (Wildman–Crippen MR) is 147 cm³/mol. The molecule has 206 valence electrons. The van der Waals surface area contributed by atoms with E-state index < -0.39 is 26.8 Å². The van der Waals surface area contributed by atoms with Gasteiger partial charge >= 0.3 is 0 Å². The van der Waals surface area contributed by atoms with E-state index in [-0.39, 0.29) is 12.5 Å². The number of fused-ring (bicyclic) bond motifs is 1. The second-order valence-electron chi connectivity index (χ2n) is 10.8. The van der Waals surface area contributed by atoms with Gasteiger partial charge in [0, 0.05) is 17.5 Å². The third-order valence-corrected chi connectivity index (χ3v) is 8.76. The highest BCUT2D eigenvalue weighted by molar-refractivity contribution is 7.90. The van der Waals surface area contributed by atoms with E-state index in [4.69, 9.17) is 14.2 Å². The van der Waals surface area contributed by atoms with Crippen LogP contribution in [0.1, 0.15) is 60.3 Å². The minimum absolute atomic E-state index is 0.0814. The smallest absolute Gasteiger partial charge is 0.242 e. The first kappa shape index (κ1) is 27.0. The van der Waals surface area contributed by atoms with E-state index in [1.807, 2.05) is 48.9 Å². The molecule has 1 amide bonds. The van der Waals surface area contributed by atoms with Crippen molar-refractivity contribution in [3.8, 4) is 28.4 Å². The molecule has 0 aliphatic carbocycles. The van der Waals surface area contributed by atoms with Crippen LogP contribution in [-0.2, 0) is 14.8 Å². The summed E-state index contributed by atoms with van der Waals surface area (Å²) in [5, 5.41) is 9.06. The topological polar surface area (TPSA) is 111 Å². The van der Waals surface area contributed by atoms with E-state index in [1.54, 1.807) is 38.1 Å². The number of sulfonamides is 1. The van der Waals surface area contributed by atoms with Gasteiger partial charge in [-0.25, -0.2) is 8.42 Å². The second kappa shape index (κ2) is 10.2. The lowest BCUT2D eigenvalue weighted by Crippen LogP contribution is -2.21. The molecule has 39 heavy (non-hydrogen) atoms. The molecule has 2 atom stereocenters. The van der Waals surface area contributed by atoms with E-state index in [9.17, 15) is 18.3 Å². The Morgan fingerprint density at radius 3 is 2.36 bits per heavy atom. The number of rotatable bonds is 8. The van der Waals surface area contributed by atoms with Crippen molar-refractivity contribution in [2.24, 2.45) is 0 Å². The summed E-state index contributed by atoms with van der Waals surface area (Å²) in [6.45, 7) is 8.39. The van der Waals surface area contributed by atoms with Crippen molar-refractivity contribution in [2.45, 2.75) is 57.5 Å². The number of ether oxygens (including phenoxy) is 3. The number of para-hydroxylation sites is 1. The van der Waals surface area contributed by atoms with Gasteiger partial charge in [0.15, 0.2) is 6.10 Å². The summed E-state index contributed by atoms with van der Waals surface area (Å²) in [5.41, 5.74) is 4.88. The van der Waals surface area contributed by atoms with Gasteiger partial charge in [0.05, 0.1) is 18.6 Å². The van der Waals surface area contributed by atoms with Crippen molar-refractivity contribution >= 4 is 15.9 Å². The third-order valence-electron chi connectivity index (χ3n) is 7.06. The van der Waals surface area contributed by atoms with Crippen molar-refractivity contribution in [1.82, 2.24) is 4.72 Å². The van der Waals surface area contributed by atoms with Crippen molar-refractivity contribution in [2.75, 3.05) is 13.2 Å². The number of hydrogen-bond donors (Lipinski definition) is 2. The molecule has 1 unspecified atom stereocenters. The van der Waals surface area contributed by atoms with Crippen LogP contribution in [-0.4, -0.2) is 38.2 Å². The molecule has 2 N–H and O–H groups in total. The summed E-state index contributed by atoms with van der Waals surface area (Å²) >= 11 is 0. The molecule has 3 aromatic rings. The lowest BCUT2D eigenvalue weighted by molar-refractivity contribution is -0.118. The van der Waals surface area contributed by atoms with Gasteiger partial charge in [-0.2, -0.15) is 0 Å². The molecule has 9 heteroatoms. The van der Waals surface area contributed by atoms with E-state index in [2.05, 4.69) is 0 Å². The van der Waals surface area contributed by atoms with E-state index in [0.717, 1.165) is 39.3 Å². The summed E-state index contributed by atoms with van der Waals surface area (Å²) in [4.78, 5) is 11.6. The average molecular weight is 552 g/mol. The highest BCUT2D eigenvalue weighted by atomic mass is 32.2. The van der Waals surface area contributed by atoms with Crippen LogP contribution < -0.4 is 18.9 Å². The first-order valence-electron chi connectivity index (χ1n) is 12.9. The minimum Gasteiger partial charge on any atom is -0.493 e. The molecule has 1 fully saturated rings. The van der Waals surface area contributed by atoms with Crippen molar-refractivity contribution < 1.29 is 32.5 Å². The van der Waals surface area contributed by atoms with Crippen molar-refractivity contribution in [3.05, 3.63) is 76.9 Å². The van der Waals surface area contributed by atoms with E-state index in [0.29, 0.717) is 30.9 Å². The second-order valence-corrected chi connectivity index (χ2v) is 12.7. The van der Waals surface area contributed by atoms with Gasteiger partial charge in [0.25, 0.3) is 0 Å². The van der Waals surface area contributed by atoms with Gasteiger partial charge in [-0.3, -0.25) is 9.52 Å². The molecule has 1 saturated heterocycles. The Bertz CT molecular complexity index is 1480. The summed E-state index contributed by atoms with van der Waals surface area (Å²) in [5.74, 6) is 1.64. The molecule has 8 nitrogen and oxygen atoms in total. The third kappa shape index (κ3) is 5.74. The largest absolute Gasteiger partial charge is 0.493 e. The Morgan fingerprint density at radius 2 is 1.74 bits per heavy atom. The van der Waals surface area contributed by atoms with E-state index in [1.165, 1.54) is 0 Å². The number of carbonyl (C=O) groups excluding carboxylic acids is 1. The number of aryl methyl sites for hydroxylation is 2. The van der Waals surface area contributed by atoms with Gasteiger partial charge in [0.1, 0.15) is 29.1 Å². The van der Waals surface area contributed by atoms with Gasteiger partial charge in [0.2, 0.25) is 15.9 Å². The Morgan fingerprint density at radius 1 is 1.05 bits per heavy atom. The molecule has 3 aromatic carbocycles. The van der Waals surface area contributed by atoms with Crippen LogP contribution in [0.25, 0.3) is 11.1 Å². The predicted octanol–water partition coefficient (Wildman–Crippen LogP) is 4.91. The molecule has 2 aliphatic heterocycles. The van der Waals surface area contributed by atoms with Crippen LogP contribution in [0.5, 0.6) is 17.2 Å². The molecule has 0 bridgehead atoms. The Hall–Kier alpha value is -3.56. The first-order valence-corrected chi connectivity index (χ1v) is 14.5. The highest BCUT2D eigenvalue weighted by Crippen LogP contribution is 2.45. The number of hydrogen-bond acceptors (Lipinski definition) is 7. The first-order chi connectivity index (χ1) is 18.4.